The number of amides is 1. The Morgan fingerprint density at radius 2 is 2.21 bits per heavy atom. The third-order valence-electron chi connectivity index (χ3n) is 4.19. The average molecular weight is 264 g/mol. The van der Waals surface area contributed by atoms with Gasteiger partial charge in [-0.3, -0.25) is 4.79 Å². The topological polar surface area (TPSA) is 59.5 Å². The Hall–Kier alpha value is -1.29. The molecule has 0 bridgehead atoms. The van der Waals surface area contributed by atoms with E-state index in [1.54, 1.807) is 0 Å². The minimum atomic E-state index is 0.0854. The van der Waals surface area contributed by atoms with Crippen molar-refractivity contribution in [3.05, 3.63) is 23.2 Å². The molecule has 0 spiro atoms. The molecule has 1 fully saturated rings. The van der Waals surface area contributed by atoms with Crippen LogP contribution in [0, 0.1) is 19.8 Å². The van der Waals surface area contributed by atoms with Crippen molar-refractivity contribution < 1.29 is 9.21 Å². The zero-order valence-electron chi connectivity index (χ0n) is 12.1. The summed E-state index contributed by atoms with van der Waals surface area (Å²) in [5.41, 5.74) is 6.53. The van der Waals surface area contributed by atoms with Crippen molar-refractivity contribution in [3.63, 3.8) is 0 Å². The summed E-state index contributed by atoms with van der Waals surface area (Å²) < 4.78 is 5.47. The van der Waals surface area contributed by atoms with Crippen molar-refractivity contribution in [2.45, 2.75) is 46.1 Å². The standard InChI is InChI=1S/C15H24N2O2/c1-4-17(14-7-5-6-12(14)9-16)15(18)13-8-10(2)19-11(13)3/h8,12,14H,4-7,9,16H2,1-3H3. The Morgan fingerprint density at radius 1 is 1.47 bits per heavy atom. The van der Waals surface area contributed by atoms with Crippen LogP contribution in [0.5, 0.6) is 0 Å². The summed E-state index contributed by atoms with van der Waals surface area (Å²) in [5, 5.41) is 0. The lowest BCUT2D eigenvalue weighted by molar-refractivity contribution is 0.0650. The first-order valence-corrected chi connectivity index (χ1v) is 7.16. The van der Waals surface area contributed by atoms with E-state index in [1.807, 2.05) is 31.7 Å². The second-order valence-electron chi connectivity index (χ2n) is 5.41. The molecule has 1 saturated carbocycles. The van der Waals surface area contributed by atoms with E-state index in [0.29, 0.717) is 23.8 Å². The maximum absolute atomic E-state index is 12.7. The van der Waals surface area contributed by atoms with E-state index < -0.39 is 0 Å². The highest BCUT2D eigenvalue weighted by Gasteiger charge is 2.34. The van der Waals surface area contributed by atoms with Crippen LogP contribution in [-0.2, 0) is 0 Å². The number of carbonyl (C=O) groups excluding carboxylic acids is 1. The molecule has 1 amide bonds. The normalized spacial score (nSPS) is 22.7. The third kappa shape index (κ3) is 2.68. The van der Waals surface area contributed by atoms with Crippen LogP contribution in [-0.4, -0.2) is 29.9 Å². The molecule has 4 nitrogen and oxygen atoms in total. The minimum Gasteiger partial charge on any atom is -0.466 e. The summed E-state index contributed by atoms with van der Waals surface area (Å²) in [4.78, 5) is 14.7. The number of rotatable bonds is 4. The SMILES string of the molecule is CCN(C(=O)c1cc(C)oc1C)C1CCCC1CN. The van der Waals surface area contributed by atoms with Gasteiger partial charge in [-0.25, -0.2) is 0 Å². The van der Waals surface area contributed by atoms with Crippen LogP contribution in [0.4, 0.5) is 0 Å². The maximum Gasteiger partial charge on any atom is 0.257 e. The Morgan fingerprint density at radius 3 is 2.74 bits per heavy atom. The van der Waals surface area contributed by atoms with Crippen molar-refractivity contribution >= 4 is 5.91 Å². The summed E-state index contributed by atoms with van der Waals surface area (Å²) >= 11 is 0. The van der Waals surface area contributed by atoms with Crippen LogP contribution in [0.2, 0.25) is 0 Å². The van der Waals surface area contributed by atoms with E-state index in [0.717, 1.165) is 25.1 Å². The van der Waals surface area contributed by atoms with Gasteiger partial charge in [0.05, 0.1) is 5.56 Å². The van der Waals surface area contributed by atoms with Gasteiger partial charge < -0.3 is 15.1 Å². The molecule has 2 atom stereocenters. The predicted molar refractivity (Wildman–Crippen MR) is 75.1 cm³/mol. The van der Waals surface area contributed by atoms with Crippen LogP contribution in [0.15, 0.2) is 10.5 Å². The Labute approximate surface area is 114 Å². The summed E-state index contributed by atoms with van der Waals surface area (Å²) in [7, 11) is 0. The summed E-state index contributed by atoms with van der Waals surface area (Å²) in [6.07, 6.45) is 3.37. The molecule has 1 aliphatic carbocycles. The molecule has 1 aromatic heterocycles. The van der Waals surface area contributed by atoms with E-state index in [-0.39, 0.29) is 11.9 Å². The van der Waals surface area contributed by atoms with Crippen LogP contribution in [0.25, 0.3) is 0 Å². The predicted octanol–water partition coefficient (Wildman–Crippen LogP) is 2.49. The molecule has 0 aliphatic heterocycles. The molecule has 0 radical (unpaired) electrons. The van der Waals surface area contributed by atoms with Gasteiger partial charge in [0, 0.05) is 12.6 Å². The molecule has 1 aliphatic rings. The number of hydrogen-bond acceptors (Lipinski definition) is 3. The first kappa shape index (κ1) is 14.1. The molecule has 106 valence electrons. The number of nitrogens with two attached hydrogens (primary N) is 1. The Bertz CT molecular complexity index is 453. The first-order valence-electron chi connectivity index (χ1n) is 7.16. The smallest absolute Gasteiger partial charge is 0.257 e. The molecular weight excluding hydrogens is 240 g/mol. The Kier molecular flexibility index (Phi) is 4.30. The molecule has 2 N–H and O–H groups in total. The monoisotopic (exact) mass is 264 g/mol. The lowest BCUT2D eigenvalue weighted by atomic mass is 10.0. The Balaban J connectivity index is 2.22. The number of hydrogen-bond donors (Lipinski definition) is 1. The molecule has 19 heavy (non-hydrogen) atoms. The van der Waals surface area contributed by atoms with Gasteiger partial charge in [0.2, 0.25) is 0 Å². The van der Waals surface area contributed by atoms with Crippen molar-refractivity contribution in [1.29, 1.82) is 0 Å². The first-order chi connectivity index (χ1) is 9.08. The number of furan rings is 1. The average Bonchev–Trinajstić information content (AvgIpc) is 2.96. The van der Waals surface area contributed by atoms with E-state index in [2.05, 4.69) is 0 Å². The second-order valence-corrected chi connectivity index (χ2v) is 5.41. The summed E-state index contributed by atoms with van der Waals surface area (Å²) in [5.74, 6) is 2.03. The highest BCUT2D eigenvalue weighted by atomic mass is 16.3. The summed E-state index contributed by atoms with van der Waals surface area (Å²) in [6, 6.07) is 2.13. The van der Waals surface area contributed by atoms with Crippen molar-refractivity contribution in [3.8, 4) is 0 Å². The van der Waals surface area contributed by atoms with Gasteiger partial charge in [-0.05, 0) is 52.1 Å². The highest BCUT2D eigenvalue weighted by molar-refractivity contribution is 5.95. The lowest BCUT2D eigenvalue weighted by Gasteiger charge is -2.31. The zero-order chi connectivity index (χ0) is 14.0. The second kappa shape index (κ2) is 5.78. The molecule has 2 unspecified atom stereocenters. The summed E-state index contributed by atoms with van der Waals surface area (Å²) in [6.45, 7) is 7.15. The van der Waals surface area contributed by atoms with Crippen LogP contribution in [0.1, 0.15) is 48.1 Å². The van der Waals surface area contributed by atoms with E-state index in [9.17, 15) is 4.79 Å². The highest BCUT2D eigenvalue weighted by Crippen LogP contribution is 2.30. The van der Waals surface area contributed by atoms with Gasteiger partial charge in [-0.1, -0.05) is 6.42 Å². The number of carbonyl (C=O) groups is 1. The zero-order valence-corrected chi connectivity index (χ0v) is 12.1. The fourth-order valence-electron chi connectivity index (χ4n) is 3.23. The molecule has 1 aromatic rings. The van der Waals surface area contributed by atoms with Crippen molar-refractivity contribution in [2.75, 3.05) is 13.1 Å². The molecule has 1 heterocycles. The lowest BCUT2D eigenvalue weighted by Crippen LogP contribution is -2.44. The largest absolute Gasteiger partial charge is 0.466 e. The van der Waals surface area contributed by atoms with Gasteiger partial charge in [0.25, 0.3) is 5.91 Å². The van der Waals surface area contributed by atoms with Gasteiger partial charge in [0.1, 0.15) is 11.5 Å². The molecule has 4 heteroatoms. The minimum absolute atomic E-state index is 0.0854. The van der Waals surface area contributed by atoms with Gasteiger partial charge in [-0.15, -0.1) is 0 Å². The molecule has 0 saturated heterocycles. The molecule has 2 rings (SSSR count). The molecular formula is C15H24N2O2. The van der Waals surface area contributed by atoms with Gasteiger partial charge in [-0.2, -0.15) is 0 Å². The van der Waals surface area contributed by atoms with Gasteiger partial charge in [0.15, 0.2) is 0 Å². The maximum atomic E-state index is 12.7. The van der Waals surface area contributed by atoms with E-state index >= 15 is 0 Å². The number of aryl methyl sites for hydroxylation is 2. The fourth-order valence-corrected chi connectivity index (χ4v) is 3.23. The van der Waals surface area contributed by atoms with Crippen molar-refractivity contribution in [2.24, 2.45) is 11.7 Å². The van der Waals surface area contributed by atoms with Gasteiger partial charge >= 0.3 is 0 Å². The molecule has 0 aromatic carbocycles. The van der Waals surface area contributed by atoms with Crippen molar-refractivity contribution in [1.82, 2.24) is 4.90 Å². The van der Waals surface area contributed by atoms with E-state index in [1.165, 1.54) is 6.42 Å². The van der Waals surface area contributed by atoms with Crippen LogP contribution >= 0.6 is 0 Å². The van der Waals surface area contributed by atoms with Crippen LogP contribution in [0.3, 0.4) is 0 Å². The fraction of sp³-hybridized carbons (Fsp3) is 0.667. The van der Waals surface area contributed by atoms with E-state index in [4.69, 9.17) is 10.2 Å². The number of nitrogens with zero attached hydrogens (tertiary/aromatic N) is 1. The van der Waals surface area contributed by atoms with Crippen LogP contribution < -0.4 is 5.73 Å². The quantitative estimate of drug-likeness (QED) is 0.909. The third-order valence-corrected chi connectivity index (χ3v) is 4.19.